The van der Waals surface area contributed by atoms with Crippen LogP contribution in [-0.2, 0) is 23.9 Å². The van der Waals surface area contributed by atoms with Crippen LogP contribution in [0.4, 0.5) is 0 Å². The minimum absolute atomic E-state index is 0.0427. The first-order valence-corrected chi connectivity index (χ1v) is 12.1. The van der Waals surface area contributed by atoms with Crippen molar-refractivity contribution >= 4 is 57.7 Å². The second-order valence-corrected chi connectivity index (χ2v) is 9.41. The number of carbonyl (C=O) groups excluding carboxylic acids is 3. The van der Waals surface area contributed by atoms with Crippen LogP contribution in [0, 0.1) is 0 Å². The zero-order valence-electron chi connectivity index (χ0n) is 18.7. The maximum absolute atomic E-state index is 13.4. The number of ether oxygens (including phenoxy) is 2. The van der Waals surface area contributed by atoms with Gasteiger partial charge in [0.1, 0.15) is 10.9 Å². The van der Waals surface area contributed by atoms with Crippen molar-refractivity contribution in [2.24, 2.45) is 5.73 Å². The maximum Gasteiger partial charge on any atom is 0.338 e. The van der Waals surface area contributed by atoms with E-state index in [4.69, 9.17) is 38.4 Å². The summed E-state index contributed by atoms with van der Waals surface area (Å²) in [6, 6.07) is 13.6. The highest BCUT2D eigenvalue weighted by molar-refractivity contribution is 8.11. The van der Waals surface area contributed by atoms with Crippen LogP contribution in [0.1, 0.15) is 24.0 Å². The lowest BCUT2D eigenvalue weighted by atomic mass is 9.82. The van der Waals surface area contributed by atoms with E-state index in [-0.39, 0.29) is 28.6 Å². The van der Waals surface area contributed by atoms with Gasteiger partial charge in [-0.05, 0) is 42.3 Å². The molecule has 0 aromatic heterocycles. The Morgan fingerprint density at radius 3 is 2.17 bits per heavy atom. The normalized spacial score (nSPS) is 17.7. The predicted molar refractivity (Wildman–Crippen MR) is 135 cm³/mol. The van der Waals surface area contributed by atoms with Gasteiger partial charge >= 0.3 is 11.9 Å². The number of methoxy groups -OCH3 is 1. The third-order valence-corrected chi connectivity index (χ3v) is 7.12. The minimum Gasteiger partial charge on any atom is -0.466 e. The lowest BCUT2D eigenvalue weighted by molar-refractivity contribution is -0.139. The molecule has 0 bridgehead atoms. The number of hydrogen-bond acceptors (Lipinski definition) is 7. The SMILES string of the molecule is CCOC(=O)C1=C2SC(c3ccc(Cl)cc3)=CC(=O)N2C(N)=C(C(=O)OC)C1c1ccc(Cl)cc1. The first-order chi connectivity index (χ1) is 16.8. The summed E-state index contributed by atoms with van der Waals surface area (Å²) < 4.78 is 10.4. The van der Waals surface area contributed by atoms with Gasteiger partial charge in [-0.2, -0.15) is 0 Å². The first-order valence-electron chi connectivity index (χ1n) is 10.5. The highest BCUT2D eigenvalue weighted by atomic mass is 35.5. The molecule has 0 saturated carbocycles. The van der Waals surface area contributed by atoms with E-state index in [0.29, 0.717) is 20.5 Å². The molecule has 0 saturated heterocycles. The van der Waals surface area contributed by atoms with E-state index in [0.717, 1.165) is 10.5 Å². The van der Waals surface area contributed by atoms with Crippen LogP contribution in [0.5, 0.6) is 0 Å². The monoisotopic (exact) mass is 530 g/mol. The Hall–Kier alpha value is -3.20. The Morgan fingerprint density at radius 1 is 1.00 bits per heavy atom. The van der Waals surface area contributed by atoms with Gasteiger partial charge in [0.2, 0.25) is 0 Å². The number of halogens is 2. The Labute approximate surface area is 216 Å². The molecule has 2 heterocycles. The van der Waals surface area contributed by atoms with E-state index >= 15 is 0 Å². The Balaban J connectivity index is 1.98. The van der Waals surface area contributed by atoms with E-state index in [1.807, 2.05) is 0 Å². The van der Waals surface area contributed by atoms with Crippen molar-refractivity contribution in [1.82, 2.24) is 4.90 Å². The predicted octanol–water partition coefficient (Wildman–Crippen LogP) is 4.83. The molecular weight excluding hydrogens is 511 g/mol. The third-order valence-electron chi connectivity index (χ3n) is 5.44. The van der Waals surface area contributed by atoms with Crippen LogP contribution in [0.15, 0.2) is 76.6 Å². The molecule has 35 heavy (non-hydrogen) atoms. The molecule has 7 nitrogen and oxygen atoms in total. The van der Waals surface area contributed by atoms with E-state index in [2.05, 4.69) is 0 Å². The molecular formula is C25H20Cl2N2O5S. The van der Waals surface area contributed by atoms with E-state index in [1.165, 1.54) is 24.9 Å². The molecule has 10 heteroatoms. The van der Waals surface area contributed by atoms with Gasteiger partial charge in [0.05, 0.1) is 30.8 Å². The molecule has 0 aliphatic carbocycles. The van der Waals surface area contributed by atoms with Gasteiger partial charge in [0, 0.05) is 21.0 Å². The highest BCUT2D eigenvalue weighted by Gasteiger charge is 2.45. The molecule has 180 valence electrons. The van der Waals surface area contributed by atoms with Crippen molar-refractivity contribution < 1.29 is 23.9 Å². The van der Waals surface area contributed by atoms with Crippen LogP contribution < -0.4 is 5.73 Å². The largest absolute Gasteiger partial charge is 0.466 e. The fourth-order valence-corrected chi connectivity index (χ4v) is 5.35. The number of carbonyl (C=O) groups is 3. The number of nitrogens with two attached hydrogens (primary N) is 1. The molecule has 1 atom stereocenters. The molecule has 2 N–H and O–H groups in total. The van der Waals surface area contributed by atoms with Crippen molar-refractivity contribution in [3.05, 3.63) is 97.8 Å². The lowest BCUT2D eigenvalue weighted by Gasteiger charge is -2.38. The third kappa shape index (κ3) is 4.69. The summed E-state index contributed by atoms with van der Waals surface area (Å²) in [7, 11) is 1.20. The number of benzene rings is 2. The number of amides is 1. The van der Waals surface area contributed by atoms with Crippen molar-refractivity contribution in [3.8, 4) is 0 Å². The summed E-state index contributed by atoms with van der Waals surface area (Å²) in [4.78, 5) is 41.3. The molecule has 2 aromatic carbocycles. The second kappa shape index (κ2) is 10.2. The van der Waals surface area contributed by atoms with E-state index < -0.39 is 23.8 Å². The molecule has 1 unspecified atom stereocenters. The van der Waals surface area contributed by atoms with Gasteiger partial charge in [-0.3, -0.25) is 9.69 Å². The number of hydrogen-bond donors (Lipinski definition) is 1. The molecule has 2 aromatic rings. The Kier molecular flexibility index (Phi) is 7.25. The molecule has 2 aliphatic rings. The van der Waals surface area contributed by atoms with Gasteiger partial charge in [0.25, 0.3) is 5.91 Å². The van der Waals surface area contributed by atoms with Crippen LogP contribution >= 0.6 is 35.0 Å². The van der Waals surface area contributed by atoms with Crippen molar-refractivity contribution in [2.75, 3.05) is 13.7 Å². The van der Waals surface area contributed by atoms with Crippen LogP contribution in [0.3, 0.4) is 0 Å². The van der Waals surface area contributed by atoms with Gasteiger partial charge in [-0.15, -0.1) is 0 Å². The van der Waals surface area contributed by atoms with Crippen molar-refractivity contribution in [3.63, 3.8) is 0 Å². The van der Waals surface area contributed by atoms with E-state index in [9.17, 15) is 14.4 Å². The quantitative estimate of drug-likeness (QED) is 0.552. The van der Waals surface area contributed by atoms with Gasteiger partial charge in [0.15, 0.2) is 0 Å². The second-order valence-electron chi connectivity index (χ2n) is 7.51. The smallest absolute Gasteiger partial charge is 0.338 e. The average molecular weight is 531 g/mol. The molecule has 0 fully saturated rings. The van der Waals surface area contributed by atoms with Crippen LogP contribution in [0.25, 0.3) is 4.91 Å². The number of esters is 2. The number of thioether (sulfide) groups is 1. The van der Waals surface area contributed by atoms with Crippen molar-refractivity contribution in [1.29, 1.82) is 0 Å². The zero-order valence-corrected chi connectivity index (χ0v) is 21.0. The number of rotatable bonds is 5. The Bertz CT molecular complexity index is 1300. The van der Waals surface area contributed by atoms with Gasteiger partial charge < -0.3 is 15.2 Å². The fourth-order valence-electron chi connectivity index (χ4n) is 3.89. The summed E-state index contributed by atoms with van der Waals surface area (Å²) in [5.74, 6) is -3.04. The summed E-state index contributed by atoms with van der Waals surface area (Å²) in [5.41, 5.74) is 7.75. The van der Waals surface area contributed by atoms with Crippen LogP contribution in [0.2, 0.25) is 10.0 Å². The Morgan fingerprint density at radius 2 is 1.60 bits per heavy atom. The number of nitrogens with zero attached hydrogens (tertiary/aromatic N) is 1. The first kappa shape index (κ1) is 24.9. The maximum atomic E-state index is 13.4. The lowest BCUT2D eigenvalue weighted by Crippen LogP contribution is -2.42. The average Bonchev–Trinajstić information content (AvgIpc) is 2.84. The van der Waals surface area contributed by atoms with Gasteiger partial charge in [-0.1, -0.05) is 59.2 Å². The summed E-state index contributed by atoms with van der Waals surface area (Å²) in [5, 5.41) is 1.28. The number of fused-ring (bicyclic) bond motifs is 1. The summed E-state index contributed by atoms with van der Waals surface area (Å²) in [6.07, 6.45) is 1.39. The topological polar surface area (TPSA) is 98.9 Å². The molecule has 0 spiro atoms. The summed E-state index contributed by atoms with van der Waals surface area (Å²) >= 11 is 13.3. The zero-order chi connectivity index (χ0) is 25.3. The summed E-state index contributed by atoms with van der Waals surface area (Å²) in [6.45, 7) is 1.76. The minimum atomic E-state index is -0.949. The van der Waals surface area contributed by atoms with Gasteiger partial charge in [-0.25, -0.2) is 9.59 Å². The van der Waals surface area contributed by atoms with Crippen molar-refractivity contribution in [2.45, 2.75) is 12.8 Å². The molecule has 2 aliphatic heterocycles. The standard InChI is InChI=1S/C25H20Cl2N2O5S/c1-3-34-25(32)21-19(14-6-10-16(27)11-7-14)20(24(31)33-2)22(28)29-18(30)12-17(35-23(21)29)13-4-8-15(26)9-5-13/h4-12,19H,3,28H2,1-2H3. The fraction of sp³-hybridized carbons (Fsp3) is 0.160. The molecule has 4 rings (SSSR count). The van der Waals surface area contributed by atoms with Crippen LogP contribution in [-0.4, -0.2) is 36.5 Å². The molecule has 0 radical (unpaired) electrons. The highest BCUT2D eigenvalue weighted by Crippen LogP contribution is 2.50. The molecule has 1 amide bonds. The van der Waals surface area contributed by atoms with E-state index in [1.54, 1.807) is 55.5 Å².